The molecule has 0 unspecified atom stereocenters. The molecule has 0 heterocycles. The highest BCUT2D eigenvalue weighted by molar-refractivity contribution is 7.80. The van der Waals surface area contributed by atoms with Crippen LogP contribution in [0.15, 0.2) is 0 Å². The van der Waals surface area contributed by atoms with Gasteiger partial charge in [0.05, 0.1) is 11.5 Å². The van der Waals surface area contributed by atoms with Crippen LogP contribution < -0.4 is 5.32 Å². The van der Waals surface area contributed by atoms with Crippen molar-refractivity contribution in [3.05, 3.63) is 0 Å². The third-order valence-corrected chi connectivity index (χ3v) is 1.29. The van der Waals surface area contributed by atoms with Gasteiger partial charge in [-0.05, 0) is 13.3 Å². The lowest BCUT2D eigenvalue weighted by atomic mass is 10.4. The Morgan fingerprint density at radius 2 is 2.22 bits per heavy atom. The average molecular weight is 145 g/mol. The summed E-state index contributed by atoms with van der Waals surface area (Å²) in [5.41, 5.74) is 0. The van der Waals surface area contributed by atoms with E-state index in [2.05, 4.69) is 5.32 Å². The van der Waals surface area contributed by atoms with Crippen LogP contribution in [0, 0.1) is 0 Å². The zero-order chi connectivity index (χ0) is 7.28. The second-order valence-electron chi connectivity index (χ2n) is 1.83. The molecule has 0 rings (SSSR count). The van der Waals surface area contributed by atoms with E-state index in [-0.39, 0.29) is 5.78 Å². The molecule has 0 aromatic rings. The summed E-state index contributed by atoms with van der Waals surface area (Å²) in [6.07, 6.45) is 0.808. The van der Waals surface area contributed by atoms with Gasteiger partial charge in [0, 0.05) is 0 Å². The zero-order valence-corrected chi connectivity index (χ0v) is 6.55. The summed E-state index contributed by atoms with van der Waals surface area (Å²) in [5, 5.41) is 2.81. The number of nitrogens with one attached hydrogen (secondary N) is 1. The molecule has 0 saturated carbocycles. The predicted octanol–water partition coefficient (Wildman–Crippen LogP) is 0.902. The van der Waals surface area contributed by atoms with Crippen LogP contribution >= 0.6 is 12.2 Å². The first kappa shape index (κ1) is 8.56. The first-order chi connectivity index (χ1) is 4.16. The molecule has 0 saturated heterocycles. The third kappa shape index (κ3) is 5.43. The largest absolute Gasteiger partial charge is 0.373 e. The summed E-state index contributed by atoms with van der Waals surface area (Å²) in [6, 6.07) is 0. The summed E-state index contributed by atoms with van der Waals surface area (Å²) < 4.78 is 0. The van der Waals surface area contributed by atoms with E-state index < -0.39 is 0 Å². The number of ketones is 1. The van der Waals surface area contributed by atoms with Gasteiger partial charge < -0.3 is 5.32 Å². The van der Waals surface area contributed by atoms with Gasteiger partial charge in [-0.1, -0.05) is 19.1 Å². The van der Waals surface area contributed by atoms with Gasteiger partial charge >= 0.3 is 0 Å². The van der Waals surface area contributed by atoms with Crippen LogP contribution in [0.2, 0.25) is 0 Å². The Morgan fingerprint density at radius 1 is 1.67 bits per heavy atom. The fourth-order valence-electron chi connectivity index (χ4n) is 0.348. The lowest BCUT2D eigenvalue weighted by Gasteiger charge is -2.00. The van der Waals surface area contributed by atoms with E-state index >= 15 is 0 Å². The van der Waals surface area contributed by atoms with Gasteiger partial charge in [-0.15, -0.1) is 0 Å². The summed E-state index contributed by atoms with van der Waals surface area (Å²) in [5.74, 6) is 0.116. The molecule has 0 atom stereocenters. The van der Waals surface area contributed by atoms with Gasteiger partial charge in [0.15, 0.2) is 0 Å². The lowest BCUT2D eigenvalue weighted by Crippen LogP contribution is -2.25. The van der Waals surface area contributed by atoms with Gasteiger partial charge in [0.25, 0.3) is 0 Å². The highest BCUT2D eigenvalue weighted by atomic mass is 32.1. The molecule has 0 amide bonds. The number of hydrogen-bond donors (Lipinski definition) is 1. The topological polar surface area (TPSA) is 29.1 Å². The van der Waals surface area contributed by atoms with E-state index in [9.17, 15) is 4.79 Å². The Bertz CT molecular complexity index is 122. The monoisotopic (exact) mass is 145 g/mol. The molecule has 52 valence electrons. The number of Topliss-reactive ketones (excluding diaryl/α,β-unsaturated/α-hetero) is 1. The van der Waals surface area contributed by atoms with Crippen molar-refractivity contribution in [1.82, 2.24) is 5.32 Å². The maximum atomic E-state index is 10.3. The van der Waals surface area contributed by atoms with E-state index in [0.717, 1.165) is 11.4 Å². The third-order valence-electron chi connectivity index (χ3n) is 0.856. The quantitative estimate of drug-likeness (QED) is 0.598. The normalized spacial score (nSPS) is 8.67. The van der Waals surface area contributed by atoms with Crippen molar-refractivity contribution in [1.29, 1.82) is 0 Å². The van der Waals surface area contributed by atoms with E-state index in [1.165, 1.54) is 6.92 Å². The van der Waals surface area contributed by atoms with Crippen molar-refractivity contribution < 1.29 is 4.79 Å². The number of hydrogen-bond acceptors (Lipinski definition) is 2. The summed E-state index contributed by atoms with van der Waals surface area (Å²) in [6.45, 7) is 3.85. The van der Waals surface area contributed by atoms with Crippen LogP contribution in [0.1, 0.15) is 20.3 Å². The molecule has 0 aliphatic carbocycles. The molecule has 0 aliphatic heterocycles. The molecule has 0 aromatic heterocycles. The minimum atomic E-state index is 0.116. The van der Waals surface area contributed by atoms with Crippen LogP contribution in [0.5, 0.6) is 0 Å². The second kappa shape index (κ2) is 4.44. The van der Waals surface area contributed by atoms with Gasteiger partial charge in [-0.2, -0.15) is 0 Å². The summed E-state index contributed by atoms with van der Waals surface area (Å²) in [7, 11) is 0. The highest BCUT2D eigenvalue weighted by Crippen LogP contribution is 1.78. The zero-order valence-electron chi connectivity index (χ0n) is 5.73. The standard InChI is InChI=1S/C6H11NOS/c1-3-6(9)7-4-5(2)8/h3-4H2,1-2H3,(H,7,9). The molecule has 2 nitrogen and oxygen atoms in total. The SMILES string of the molecule is CCC(=S)NCC(C)=O. The van der Waals surface area contributed by atoms with Crippen LogP contribution in [0.3, 0.4) is 0 Å². The molecule has 0 fully saturated rings. The number of rotatable bonds is 3. The first-order valence-corrected chi connectivity index (χ1v) is 3.33. The smallest absolute Gasteiger partial charge is 0.148 e. The summed E-state index contributed by atoms with van der Waals surface area (Å²) >= 11 is 4.81. The van der Waals surface area contributed by atoms with Crippen molar-refractivity contribution in [2.75, 3.05) is 6.54 Å². The van der Waals surface area contributed by atoms with Gasteiger partial charge in [-0.25, -0.2) is 0 Å². The molecular formula is C6H11NOS. The minimum Gasteiger partial charge on any atom is -0.373 e. The molecular weight excluding hydrogens is 134 g/mol. The van der Waals surface area contributed by atoms with Crippen molar-refractivity contribution in [2.24, 2.45) is 0 Å². The van der Waals surface area contributed by atoms with Crippen molar-refractivity contribution in [3.63, 3.8) is 0 Å². The second-order valence-corrected chi connectivity index (χ2v) is 2.33. The number of thiocarbonyl (C=S) groups is 1. The predicted molar refractivity (Wildman–Crippen MR) is 41.6 cm³/mol. The average Bonchev–Trinajstić information content (AvgIpc) is 1.83. The fraction of sp³-hybridized carbons (Fsp3) is 0.667. The van der Waals surface area contributed by atoms with Gasteiger partial charge in [-0.3, -0.25) is 4.79 Å². The van der Waals surface area contributed by atoms with Crippen LogP contribution in [-0.2, 0) is 4.79 Å². The Morgan fingerprint density at radius 3 is 2.56 bits per heavy atom. The first-order valence-electron chi connectivity index (χ1n) is 2.93. The maximum absolute atomic E-state index is 10.3. The molecule has 0 spiro atoms. The van der Waals surface area contributed by atoms with E-state index in [1.54, 1.807) is 0 Å². The van der Waals surface area contributed by atoms with Gasteiger partial charge in [0.1, 0.15) is 5.78 Å². The van der Waals surface area contributed by atoms with E-state index in [1.807, 2.05) is 6.92 Å². The van der Waals surface area contributed by atoms with E-state index in [4.69, 9.17) is 12.2 Å². The van der Waals surface area contributed by atoms with E-state index in [0.29, 0.717) is 6.54 Å². The number of carbonyl (C=O) groups excluding carboxylic acids is 1. The fourth-order valence-corrected chi connectivity index (χ4v) is 0.420. The molecule has 0 radical (unpaired) electrons. The Balaban J connectivity index is 3.28. The van der Waals surface area contributed by atoms with Crippen LogP contribution in [0.4, 0.5) is 0 Å². The maximum Gasteiger partial charge on any atom is 0.148 e. The summed E-state index contributed by atoms with van der Waals surface area (Å²) in [4.78, 5) is 11.1. The molecule has 9 heavy (non-hydrogen) atoms. The minimum absolute atomic E-state index is 0.116. The highest BCUT2D eigenvalue weighted by Gasteiger charge is 1.92. The Labute approximate surface area is 60.6 Å². The number of carbonyl (C=O) groups is 1. The molecule has 0 aromatic carbocycles. The lowest BCUT2D eigenvalue weighted by molar-refractivity contribution is -0.115. The van der Waals surface area contributed by atoms with Crippen molar-refractivity contribution >= 4 is 23.0 Å². The Hall–Kier alpha value is -0.440. The molecule has 1 N–H and O–H groups in total. The van der Waals surface area contributed by atoms with Gasteiger partial charge in [0.2, 0.25) is 0 Å². The molecule has 0 bridgehead atoms. The van der Waals surface area contributed by atoms with Crippen molar-refractivity contribution in [3.8, 4) is 0 Å². The molecule has 3 heteroatoms. The van der Waals surface area contributed by atoms with Crippen LogP contribution in [-0.4, -0.2) is 17.3 Å². The molecule has 0 aliphatic rings. The van der Waals surface area contributed by atoms with Crippen LogP contribution in [0.25, 0.3) is 0 Å². The van der Waals surface area contributed by atoms with Crippen molar-refractivity contribution in [2.45, 2.75) is 20.3 Å². The Kier molecular flexibility index (Phi) is 4.22.